The Morgan fingerprint density at radius 1 is 1.00 bits per heavy atom. The van der Waals surface area contributed by atoms with Crippen LogP contribution in [0.3, 0.4) is 0 Å². The lowest BCUT2D eigenvalue weighted by Crippen LogP contribution is -2.27. The first kappa shape index (κ1) is 18.3. The van der Waals surface area contributed by atoms with Crippen LogP contribution in [0, 0.1) is 6.92 Å². The molecule has 0 spiro atoms. The zero-order chi connectivity index (χ0) is 18.1. The number of hydrogen-bond donors (Lipinski definition) is 0. The van der Waals surface area contributed by atoms with E-state index in [-0.39, 0.29) is 10.8 Å². The van der Waals surface area contributed by atoms with E-state index in [9.17, 15) is 13.2 Å². The van der Waals surface area contributed by atoms with Crippen molar-refractivity contribution >= 4 is 33.2 Å². The molecule has 0 atom stereocenters. The third-order valence-corrected chi connectivity index (χ3v) is 5.70. The second-order valence-corrected chi connectivity index (χ2v) is 8.03. The van der Waals surface area contributed by atoms with Gasteiger partial charge in [0.1, 0.15) is 0 Å². The molecule has 0 aromatic heterocycles. The highest BCUT2D eigenvalue weighted by molar-refractivity contribution is 7.92. The van der Waals surface area contributed by atoms with Gasteiger partial charge in [0.2, 0.25) is 0 Å². The van der Waals surface area contributed by atoms with Crippen LogP contribution >= 0.6 is 11.6 Å². The van der Waals surface area contributed by atoms with Crippen molar-refractivity contribution in [2.45, 2.75) is 11.8 Å². The molecule has 0 N–H and O–H groups in total. The fourth-order valence-electron chi connectivity index (χ4n) is 2.29. The normalized spacial score (nSPS) is 11.2. The number of anilines is 1. The summed E-state index contributed by atoms with van der Waals surface area (Å²) in [6, 6.07) is 11.0. The van der Waals surface area contributed by atoms with Gasteiger partial charge in [-0.25, -0.2) is 8.42 Å². The van der Waals surface area contributed by atoms with E-state index in [1.165, 1.54) is 40.5 Å². The Morgan fingerprint density at radius 2 is 1.58 bits per heavy atom. The van der Waals surface area contributed by atoms with Crippen molar-refractivity contribution in [3.05, 3.63) is 58.6 Å². The van der Waals surface area contributed by atoms with Crippen molar-refractivity contribution in [2.24, 2.45) is 0 Å². The zero-order valence-corrected chi connectivity index (χ0v) is 15.5. The van der Waals surface area contributed by atoms with Gasteiger partial charge in [-0.2, -0.15) is 0 Å². The van der Waals surface area contributed by atoms with Crippen molar-refractivity contribution in [1.82, 2.24) is 4.90 Å². The molecule has 2 aromatic carbocycles. The van der Waals surface area contributed by atoms with Crippen molar-refractivity contribution in [3.63, 3.8) is 0 Å². The van der Waals surface area contributed by atoms with E-state index in [2.05, 4.69) is 0 Å². The number of carbonyl (C=O) groups excluding carboxylic acids is 1. The summed E-state index contributed by atoms with van der Waals surface area (Å²) >= 11 is 5.81. The molecule has 0 aliphatic heterocycles. The van der Waals surface area contributed by atoms with Gasteiger partial charge in [-0.3, -0.25) is 9.10 Å². The minimum atomic E-state index is -3.70. The first-order valence-corrected chi connectivity index (χ1v) is 9.03. The van der Waals surface area contributed by atoms with Crippen LogP contribution in [0.25, 0.3) is 0 Å². The fraction of sp³-hybridized carbons (Fsp3) is 0.235. The number of sulfonamides is 1. The van der Waals surface area contributed by atoms with Gasteiger partial charge in [-0.05, 0) is 55.0 Å². The molecule has 0 aliphatic rings. The largest absolute Gasteiger partial charge is 0.345 e. The lowest BCUT2D eigenvalue weighted by atomic mass is 10.1. The zero-order valence-electron chi connectivity index (χ0n) is 13.9. The van der Waals surface area contributed by atoms with Crippen LogP contribution in [0.4, 0.5) is 5.69 Å². The molecule has 7 heteroatoms. The van der Waals surface area contributed by atoms with Gasteiger partial charge in [-0.15, -0.1) is 0 Å². The van der Waals surface area contributed by atoms with Crippen LogP contribution in [-0.2, 0) is 10.0 Å². The molecule has 0 radical (unpaired) electrons. The van der Waals surface area contributed by atoms with Crippen LogP contribution in [0.1, 0.15) is 15.9 Å². The maximum Gasteiger partial charge on any atom is 0.264 e. The molecule has 0 saturated carbocycles. The lowest BCUT2D eigenvalue weighted by molar-refractivity contribution is 0.0827. The molecule has 0 aliphatic carbocycles. The van der Waals surface area contributed by atoms with Crippen LogP contribution in [0.2, 0.25) is 5.02 Å². The Hall–Kier alpha value is -2.05. The molecule has 128 valence electrons. The topological polar surface area (TPSA) is 57.7 Å². The molecule has 0 fully saturated rings. The molecule has 1 amide bonds. The number of amides is 1. The molecule has 0 unspecified atom stereocenters. The average Bonchev–Trinajstić information content (AvgIpc) is 2.53. The Morgan fingerprint density at radius 3 is 2.08 bits per heavy atom. The summed E-state index contributed by atoms with van der Waals surface area (Å²) in [4.78, 5) is 13.6. The number of nitrogens with zero attached hydrogens (tertiary/aromatic N) is 2. The molecule has 24 heavy (non-hydrogen) atoms. The van der Waals surface area contributed by atoms with Gasteiger partial charge in [0.25, 0.3) is 15.9 Å². The van der Waals surface area contributed by atoms with Gasteiger partial charge in [0.05, 0.1) is 10.6 Å². The minimum absolute atomic E-state index is 0.132. The summed E-state index contributed by atoms with van der Waals surface area (Å²) in [7, 11) is 1.12. The van der Waals surface area contributed by atoms with E-state index in [0.29, 0.717) is 21.8 Å². The summed E-state index contributed by atoms with van der Waals surface area (Å²) in [5, 5.41) is 0.472. The standard InChI is InChI=1S/C17H19ClN2O3S/c1-12-11-13(17(21)19(2)3)5-10-16(12)20(4)24(22,23)15-8-6-14(18)7-9-15/h5-11H,1-4H3. The van der Waals surface area contributed by atoms with Crippen LogP contribution in [-0.4, -0.2) is 40.4 Å². The molecular weight excluding hydrogens is 348 g/mol. The fourth-order valence-corrected chi connectivity index (χ4v) is 3.68. The summed E-state index contributed by atoms with van der Waals surface area (Å²) in [5.74, 6) is -0.132. The van der Waals surface area contributed by atoms with Gasteiger partial charge in [0, 0.05) is 31.7 Å². The SMILES string of the molecule is Cc1cc(C(=O)N(C)C)ccc1N(C)S(=O)(=O)c1ccc(Cl)cc1. The monoisotopic (exact) mass is 366 g/mol. The predicted molar refractivity (Wildman–Crippen MR) is 96.2 cm³/mol. The van der Waals surface area contributed by atoms with Crippen molar-refractivity contribution in [2.75, 3.05) is 25.4 Å². The highest BCUT2D eigenvalue weighted by Crippen LogP contribution is 2.27. The molecule has 5 nitrogen and oxygen atoms in total. The van der Waals surface area contributed by atoms with Gasteiger partial charge in [0.15, 0.2) is 0 Å². The Bertz CT molecular complexity index is 862. The van der Waals surface area contributed by atoms with Crippen LogP contribution in [0.15, 0.2) is 47.4 Å². The smallest absolute Gasteiger partial charge is 0.264 e. The summed E-state index contributed by atoms with van der Waals surface area (Å²) in [6.07, 6.45) is 0. The van der Waals surface area contributed by atoms with Crippen molar-refractivity contribution < 1.29 is 13.2 Å². The second-order valence-electron chi connectivity index (χ2n) is 5.63. The summed E-state index contributed by atoms with van der Waals surface area (Å²) in [5.41, 5.74) is 1.72. The highest BCUT2D eigenvalue weighted by atomic mass is 35.5. The van der Waals surface area contributed by atoms with Crippen molar-refractivity contribution in [3.8, 4) is 0 Å². The molecular formula is C17H19ClN2O3S. The summed E-state index contributed by atoms with van der Waals surface area (Å²) in [6.45, 7) is 1.77. The Balaban J connectivity index is 2.40. The highest BCUT2D eigenvalue weighted by Gasteiger charge is 2.23. The first-order valence-electron chi connectivity index (χ1n) is 7.21. The lowest BCUT2D eigenvalue weighted by Gasteiger charge is -2.22. The quantitative estimate of drug-likeness (QED) is 0.835. The maximum atomic E-state index is 12.7. The van der Waals surface area contributed by atoms with E-state index >= 15 is 0 Å². The van der Waals surface area contributed by atoms with E-state index < -0.39 is 10.0 Å². The molecule has 2 rings (SSSR count). The molecule has 0 heterocycles. The average molecular weight is 367 g/mol. The summed E-state index contributed by atoms with van der Waals surface area (Å²) < 4.78 is 26.7. The number of rotatable bonds is 4. The van der Waals surface area contributed by atoms with E-state index in [1.807, 2.05) is 0 Å². The van der Waals surface area contributed by atoms with E-state index in [0.717, 1.165) is 0 Å². The second kappa shape index (κ2) is 6.83. The number of halogens is 1. The van der Waals surface area contributed by atoms with E-state index in [4.69, 9.17) is 11.6 Å². The third-order valence-electron chi connectivity index (χ3n) is 3.66. The molecule has 2 aromatic rings. The number of carbonyl (C=O) groups is 1. The Labute approximate surface area is 147 Å². The minimum Gasteiger partial charge on any atom is -0.345 e. The third kappa shape index (κ3) is 3.55. The first-order chi connectivity index (χ1) is 11.1. The van der Waals surface area contributed by atoms with E-state index in [1.54, 1.807) is 39.2 Å². The van der Waals surface area contributed by atoms with Crippen LogP contribution < -0.4 is 4.31 Å². The van der Waals surface area contributed by atoms with Crippen LogP contribution in [0.5, 0.6) is 0 Å². The number of benzene rings is 2. The number of aryl methyl sites for hydroxylation is 1. The van der Waals surface area contributed by atoms with Gasteiger partial charge in [-0.1, -0.05) is 11.6 Å². The Kier molecular flexibility index (Phi) is 5.20. The molecule has 0 saturated heterocycles. The van der Waals surface area contributed by atoms with Crippen molar-refractivity contribution in [1.29, 1.82) is 0 Å². The van der Waals surface area contributed by atoms with Gasteiger partial charge < -0.3 is 4.90 Å². The molecule has 0 bridgehead atoms. The maximum absolute atomic E-state index is 12.7. The number of hydrogen-bond acceptors (Lipinski definition) is 3. The van der Waals surface area contributed by atoms with Gasteiger partial charge >= 0.3 is 0 Å². The predicted octanol–water partition coefficient (Wildman–Crippen LogP) is 3.18.